The molecule has 2 aromatic rings. The van der Waals surface area contributed by atoms with Crippen LogP contribution >= 0.6 is 27.5 Å². The maximum atomic E-state index is 6.22. The van der Waals surface area contributed by atoms with Gasteiger partial charge in [-0.05, 0) is 25.1 Å². The molecule has 1 unspecified atom stereocenters. The monoisotopic (exact) mass is 355 g/mol. The first kappa shape index (κ1) is 13.9. The minimum absolute atomic E-state index is 0.445. The molecule has 1 atom stereocenters. The molecule has 3 rings (SSSR count). The molecule has 7 heteroatoms. The number of anilines is 1. The van der Waals surface area contributed by atoms with Gasteiger partial charge in [-0.25, -0.2) is 0 Å². The average molecular weight is 357 g/mol. The van der Waals surface area contributed by atoms with Crippen LogP contribution in [0.3, 0.4) is 0 Å². The molecule has 1 aromatic heterocycles. The summed E-state index contributed by atoms with van der Waals surface area (Å²) in [7, 11) is 0. The summed E-state index contributed by atoms with van der Waals surface area (Å²) in [6, 6.07) is 6.13. The number of H-pyrrole nitrogens is 1. The third-order valence-electron chi connectivity index (χ3n) is 3.31. The van der Waals surface area contributed by atoms with Crippen LogP contribution in [0, 0.1) is 0 Å². The Morgan fingerprint density at radius 1 is 1.45 bits per heavy atom. The van der Waals surface area contributed by atoms with Gasteiger partial charge in [-0.2, -0.15) is 4.98 Å². The molecule has 106 valence electrons. The van der Waals surface area contributed by atoms with E-state index in [0.29, 0.717) is 16.9 Å². The summed E-state index contributed by atoms with van der Waals surface area (Å²) in [4.78, 5) is 6.74. The third-order valence-corrected chi connectivity index (χ3v) is 4.13. The summed E-state index contributed by atoms with van der Waals surface area (Å²) in [6.07, 6.45) is 0. The Balaban J connectivity index is 1.88. The minimum atomic E-state index is 0.445. The molecule has 0 saturated carbocycles. The Morgan fingerprint density at radius 3 is 3.10 bits per heavy atom. The SMILES string of the molecule is CC1CN(c2n[nH]c(-c3cc(Br)ccc3Cl)n2)CCN1. The van der Waals surface area contributed by atoms with Gasteiger partial charge in [0.2, 0.25) is 5.95 Å². The predicted molar refractivity (Wildman–Crippen MR) is 84.2 cm³/mol. The lowest BCUT2D eigenvalue weighted by molar-refractivity contribution is 0.480. The van der Waals surface area contributed by atoms with Crippen molar-refractivity contribution in [2.45, 2.75) is 13.0 Å². The highest BCUT2D eigenvalue weighted by Gasteiger charge is 2.20. The molecule has 0 bridgehead atoms. The number of hydrogen-bond acceptors (Lipinski definition) is 4. The molecule has 1 saturated heterocycles. The highest BCUT2D eigenvalue weighted by molar-refractivity contribution is 9.10. The molecule has 1 fully saturated rings. The van der Waals surface area contributed by atoms with Gasteiger partial charge in [-0.3, -0.25) is 5.10 Å². The number of nitrogens with one attached hydrogen (secondary N) is 2. The zero-order valence-electron chi connectivity index (χ0n) is 11.0. The number of rotatable bonds is 2. The van der Waals surface area contributed by atoms with E-state index in [1.165, 1.54) is 0 Å². The smallest absolute Gasteiger partial charge is 0.245 e. The Kier molecular flexibility index (Phi) is 3.96. The number of aromatic nitrogens is 3. The van der Waals surface area contributed by atoms with Gasteiger partial charge in [0, 0.05) is 35.7 Å². The van der Waals surface area contributed by atoms with Gasteiger partial charge in [0.05, 0.1) is 5.02 Å². The lowest BCUT2D eigenvalue weighted by atomic mass is 10.2. The largest absolute Gasteiger partial charge is 0.337 e. The third kappa shape index (κ3) is 2.82. The van der Waals surface area contributed by atoms with Crippen LogP contribution in [0.1, 0.15) is 6.92 Å². The fourth-order valence-electron chi connectivity index (χ4n) is 2.31. The summed E-state index contributed by atoms with van der Waals surface area (Å²) < 4.78 is 0.964. The van der Waals surface area contributed by atoms with Crippen molar-refractivity contribution in [2.75, 3.05) is 24.5 Å². The van der Waals surface area contributed by atoms with E-state index >= 15 is 0 Å². The molecule has 0 aliphatic carbocycles. The number of aromatic amines is 1. The number of halogens is 2. The highest BCUT2D eigenvalue weighted by Crippen LogP contribution is 2.29. The molecular weight excluding hydrogens is 342 g/mol. The summed E-state index contributed by atoms with van der Waals surface area (Å²) in [5.74, 6) is 1.42. The standard InChI is InChI=1S/C13H15BrClN5/c1-8-7-20(5-4-16-8)13-17-12(18-19-13)10-6-9(14)2-3-11(10)15/h2-3,6,8,16H,4-5,7H2,1H3,(H,17,18,19). The van der Waals surface area contributed by atoms with Crippen LogP contribution in [0.4, 0.5) is 5.95 Å². The van der Waals surface area contributed by atoms with E-state index in [9.17, 15) is 0 Å². The van der Waals surface area contributed by atoms with Gasteiger partial charge in [0.25, 0.3) is 0 Å². The number of hydrogen-bond donors (Lipinski definition) is 2. The van der Waals surface area contributed by atoms with Crippen LogP contribution < -0.4 is 10.2 Å². The van der Waals surface area contributed by atoms with Crippen molar-refractivity contribution < 1.29 is 0 Å². The van der Waals surface area contributed by atoms with E-state index < -0.39 is 0 Å². The van der Waals surface area contributed by atoms with Crippen LogP contribution in [-0.2, 0) is 0 Å². The van der Waals surface area contributed by atoms with E-state index in [1.807, 2.05) is 18.2 Å². The zero-order valence-corrected chi connectivity index (χ0v) is 13.4. The predicted octanol–water partition coefficient (Wildman–Crippen LogP) is 2.69. The summed E-state index contributed by atoms with van der Waals surface area (Å²) >= 11 is 9.66. The first-order valence-electron chi connectivity index (χ1n) is 6.49. The van der Waals surface area contributed by atoms with Gasteiger partial charge < -0.3 is 10.2 Å². The van der Waals surface area contributed by atoms with Gasteiger partial charge in [-0.1, -0.05) is 27.5 Å². The lowest BCUT2D eigenvalue weighted by Gasteiger charge is -2.30. The second kappa shape index (κ2) is 5.71. The van der Waals surface area contributed by atoms with Gasteiger partial charge >= 0.3 is 0 Å². The quantitative estimate of drug-likeness (QED) is 0.868. The Hall–Kier alpha value is -1.11. The number of benzene rings is 1. The van der Waals surface area contributed by atoms with E-state index in [2.05, 4.69) is 48.3 Å². The second-order valence-corrected chi connectivity index (χ2v) is 6.23. The van der Waals surface area contributed by atoms with Crippen LogP contribution in [0.15, 0.2) is 22.7 Å². The van der Waals surface area contributed by atoms with Crippen molar-refractivity contribution in [1.82, 2.24) is 20.5 Å². The maximum absolute atomic E-state index is 6.22. The molecule has 1 aromatic carbocycles. The van der Waals surface area contributed by atoms with Crippen LogP contribution in [0.2, 0.25) is 5.02 Å². The second-order valence-electron chi connectivity index (χ2n) is 4.91. The summed E-state index contributed by atoms with van der Waals surface area (Å²) in [5.41, 5.74) is 0.850. The molecule has 0 amide bonds. The van der Waals surface area contributed by atoms with Crippen LogP contribution in [0.25, 0.3) is 11.4 Å². The molecule has 0 spiro atoms. The lowest BCUT2D eigenvalue weighted by Crippen LogP contribution is -2.49. The summed E-state index contributed by atoms with van der Waals surface area (Å²) in [5, 5.41) is 11.3. The van der Waals surface area contributed by atoms with Crippen LogP contribution in [0.5, 0.6) is 0 Å². The molecule has 5 nitrogen and oxygen atoms in total. The molecule has 0 radical (unpaired) electrons. The van der Waals surface area contributed by atoms with E-state index in [0.717, 1.165) is 35.6 Å². The van der Waals surface area contributed by atoms with Gasteiger partial charge in [0.1, 0.15) is 0 Å². The fourth-order valence-corrected chi connectivity index (χ4v) is 2.88. The highest BCUT2D eigenvalue weighted by atomic mass is 79.9. The normalized spacial score (nSPS) is 19.4. The Morgan fingerprint density at radius 2 is 2.30 bits per heavy atom. The molecule has 1 aliphatic heterocycles. The summed E-state index contributed by atoms with van der Waals surface area (Å²) in [6.45, 7) is 4.92. The van der Waals surface area contributed by atoms with Crippen molar-refractivity contribution in [1.29, 1.82) is 0 Å². The van der Waals surface area contributed by atoms with E-state index in [4.69, 9.17) is 11.6 Å². The molecule has 1 aliphatic rings. The molecule has 2 heterocycles. The Labute approximate surface area is 130 Å². The molecular formula is C13H15BrClN5. The van der Waals surface area contributed by atoms with Crippen molar-refractivity contribution >= 4 is 33.5 Å². The fraction of sp³-hybridized carbons (Fsp3) is 0.385. The van der Waals surface area contributed by atoms with Crippen molar-refractivity contribution in [2.24, 2.45) is 0 Å². The van der Waals surface area contributed by atoms with Gasteiger partial charge in [0.15, 0.2) is 5.82 Å². The Bertz CT molecular complexity index is 615. The van der Waals surface area contributed by atoms with Crippen molar-refractivity contribution in [3.63, 3.8) is 0 Å². The molecule has 20 heavy (non-hydrogen) atoms. The first-order valence-corrected chi connectivity index (χ1v) is 7.67. The van der Waals surface area contributed by atoms with Crippen LogP contribution in [-0.4, -0.2) is 40.9 Å². The van der Waals surface area contributed by atoms with Crippen molar-refractivity contribution in [3.8, 4) is 11.4 Å². The van der Waals surface area contributed by atoms with Crippen molar-refractivity contribution in [3.05, 3.63) is 27.7 Å². The zero-order chi connectivity index (χ0) is 14.1. The molecule has 2 N–H and O–H groups in total. The van der Waals surface area contributed by atoms with E-state index in [-0.39, 0.29) is 0 Å². The van der Waals surface area contributed by atoms with Gasteiger partial charge in [-0.15, -0.1) is 5.10 Å². The van der Waals surface area contributed by atoms with E-state index in [1.54, 1.807) is 0 Å². The number of nitrogens with zero attached hydrogens (tertiary/aromatic N) is 3. The average Bonchev–Trinajstić information content (AvgIpc) is 2.91. The maximum Gasteiger partial charge on any atom is 0.245 e. The minimum Gasteiger partial charge on any atom is -0.337 e. The first-order chi connectivity index (χ1) is 9.63. The number of piperazine rings is 1. The topological polar surface area (TPSA) is 56.8 Å².